The monoisotopic (exact) mass is 456 g/mol. The molecule has 1 aliphatic rings. The minimum absolute atomic E-state index is 0.0000298. The lowest BCUT2D eigenvalue weighted by atomic mass is 9.82. The Morgan fingerprint density at radius 3 is 2.41 bits per heavy atom. The number of rotatable bonds is 6. The predicted molar refractivity (Wildman–Crippen MR) is 121 cm³/mol. The Labute approximate surface area is 181 Å². The summed E-state index contributed by atoms with van der Waals surface area (Å²) in [4.78, 5) is 25.9. The molecule has 0 saturated heterocycles. The summed E-state index contributed by atoms with van der Waals surface area (Å²) in [5.41, 5.74) is 2.80. The Morgan fingerprint density at radius 1 is 1.07 bits per heavy atom. The minimum Gasteiger partial charge on any atom is -0.344 e. The summed E-state index contributed by atoms with van der Waals surface area (Å²) in [6.45, 7) is 4.22. The van der Waals surface area contributed by atoms with E-state index in [1.54, 1.807) is 0 Å². The molecule has 2 N–H and O–H groups in total. The predicted octanol–water partition coefficient (Wildman–Crippen LogP) is 5.25. The molecule has 4 nitrogen and oxygen atoms in total. The molecule has 0 bridgehead atoms. The maximum atomic E-state index is 13.0. The van der Waals surface area contributed by atoms with Crippen molar-refractivity contribution in [3.63, 3.8) is 0 Å². The molecular formula is C24H29BrN2O2. The van der Waals surface area contributed by atoms with E-state index in [0.29, 0.717) is 12.3 Å². The fraction of sp³-hybridized carbons (Fsp3) is 0.417. The molecule has 1 saturated carbocycles. The highest BCUT2D eigenvalue weighted by molar-refractivity contribution is 9.10. The van der Waals surface area contributed by atoms with Gasteiger partial charge in [0.15, 0.2) is 0 Å². The summed E-state index contributed by atoms with van der Waals surface area (Å²) in [6.07, 6.45) is 4.42. The van der Waals surface area contributed by atoms with Gasteiger partial charge in [-0.1, -0.05) is 53.2 Å². The second kappa shape index (κ2) is 10.1. The molecule has 2 amide bonds. The van der Waals surface area contributed by atoms with Gasteiger partial charge < -0.3 is 10.6 Å². The summed E-state index contributed by atoms with van der Waals surface area (Å²) in [5.74, 6) is 0.503. The van der Waals surface area contributed by atoms with E-state index in [2.05, 4.69) is 33.5 Å². The van der Waals surface area contributed by atoms with Gasteiger partial charge in [-0.25, -0.2) is 0 Å². The van der Waals surface area contributed by atoms with E-state index in [1.165, 1.54) is 0 Å². The lowest BCUT2D eigenvalue weighted by Gasteiger charge is -2.27. The summed E-state index contributed by atoms with van der Waals surface area (Å²) in [6, 6.07) is 14.9. The number of nitrogens with one attached hydrogen (secondary N) is 2. The first-order valence-corrected chi connectivity index (χ1v) is 11.1. The van der Waals surface area contributed by atoms with Crippen molar-refractivity contribution in [2.24, 2.45) is 11.8 Å². The van der Waals surface area contributed by atoms with Crippen LogP contribution in [0.5, 0.6) is 0 Å². The van der Waals surface area contributed by atoms with Gasteiger partial charge in [0, 0.05) is 22.5 Å². The lowest BCUT2D eigenvalue weighted by Crippen LogP contribution is -2.47. The third-order valence-corrected chi connectivity index (χ3v) is 6.62. The van der Waals surface area contributed by atoms with Crippen LogP contribution in [0.25, 0.3) is 0 Å². The van der Waals surface area contributed by atoms with E-state index < -0.39 is 6.04 Å². The van der Waals surface area contributed by atoms with Crippen molar-refractivity contribution >= 4 is 33.4 Å². The van der Waals surface area contributed by atoms with Crippen LogP contribution in [0.1, 0.15) is 43.7 Å². The summed E-state index contributed by atoms with van der Waals surface area (Å²) >= 11 is 3.48. The van der Waals surface area contributed by atoms with Crippen LogP contribution in [-0.2, 0) is 16.0 Å². The number of anilines is 1. The van der Waals surface area contributed by atoms with Gasteiger partial charge in [0.1, 0.15) is 6.04 Å². The second-order valence-electron chi connectivity index (χ2n) is 8.16. The van der Waals surface area contributed by atoms with Crippen molar-refractivity contribution in [3.05, 3.63) is 64.1 Å². The number of halogens is 1. The molecule has 154 valence electrons. The van der Waals surface area contributed by atoms with Crippen LogP contribution in [0, 0.1) is 18.8 Å². The maximum absolute atomic E-state index is 13.0. The smallest absolute Gasteiger partial charge is 0.247 e. The number of carbonyl (C=O) groups is 2. The molecule has 0 radical (unpaired) electrons. The third-order valence-electron chi connectivity index (χ3n) is 5.73. The Bertz CT molecular complexity index is 845. The van der Waals surface area contributed by atoms with E-state index >= 15 is 0 Å². The van der Waals surface area contributed by atoms with Crippen molar-refractivity contribution in [1.82, 2.24) is 5.32 Å². The molecule has 2 aromatic carbocycles. The SMILES string of the molecule is Cc1cc(NC(=O)C(Cc2ccccc2)NC(=O)C2CCC(C)CC2)ccc1Br. The van der Waals surface area contributed by atoms with Gasteiger partial charge in [-0.15, -0.1) is 0 Å². The molecule has 0 aliphatic heterocycles. The molecule has 1 fully saturated rings. The summed E-state index contributed by atoms with van der Waals surface area (Å²) in [7, 11) is 0. The molecule has 3 rings (SSSR count). The zero-order valence-electron chi connectivity index (χ0n) is 17.1. The highest BCUT2D eigenvalue weighted by atomic mass is 79.9. The summed E-state index contributed by atoms with van der Waals surface area (Å²) in [5, 5.41) is 6.01. The first kappa shape index (κ1) is 21.6. The quantitative estimate of drug-likeness (QED) is 0.623. The normalized spacial score (nSPS) is 20.0. The zero-order chi connectivity index (χ0) is 20.8. The Balaban J connectivity index is 1.72. The van der Waals surface area contributed by atoms with E-state index in [9.17, 15) is 9.59 Å². The molecule has 5 heteroatoms. The van der Waals surface area contributed by atoms with Gasteiger partial charge >= 0.3 is 0 Å². The van der Waals surface area contributed by atoms with E-state index in [-0.39, 0.29) is 17.7 Å². The Morgan fingerprint density at radius 2 is 1.76 bits per heavy atom. The average molecular weight is 457 g/mol. The molecule has 29 heavy (non-hydrogen) atoms. The molecule has 1 unspecified atom stereocenters. The number of hydrogen-bond donors (Lipinski definition) is 2. The van der Waals surface area contributed by atoms with Crippen molar-refractivity contribution in [2.45, 2.75) is 52.0 Å². The molecule has 1 aliphatic carbocycles. The van der Waals surface area contributed by atoms with E-state index in [0.717, 1.165) is 47.0 Å². The highest BCUT2D eigenvalue weighted by Crippen LogP contribution is 2.28. The van der Waals surface area contributed by atoms with Crippen LogP contribution in [0.4, 0.5) is 5.69 Å². The van der Waals surface area contributed by atoms with Gasteiger partial charge in [-0.2, -0.15) is 0 Å². The fourth-order valence-corrected chi connectivity index (χ4v) is 4.07. The number of benzene rings is 2. The van der Waals surface area contributed by atoms with Crippen LogP contribution >= 0.6 is 15.9 Å². The number of aryl methyl sites for hydroxylation is 1. The summed E-state index contributed by atoms with van der Waals surface area (Å²) < 4.78 is 0.996. The topological polar surface area (TPSA) is 58.2 Å². The first-order valence-electron chi connectivity index (χ1n) is 10.3. The number of amides is 2. The number of hydrogen-bond acceptors (Lipinski definition) is 2. The van der Waals surface area contributed by atoms with Crippen molar-refractivity contribution in [2.75, 3.05) is 5.32 Å². The van der Waals surface area contributed by atoms with Crippen LogP contribution in [0.2, 0.25) is 0 Å². The van der Waals surface area contributed by atoms with Gasteiger partial charge in [0.05, 0.1) is 0 Å². The Kier molecular flexibility index (Phi) is 7.48. The molecular weight excluding hydrogens is 428 g/mol. The van der Waals surface area contributed by atoms with Gasteiger partial charge in [0.2, 0.25) is 11.8 Å². The van der Waals surface area contributed by atoms with Gasteiger partial charge in [-0.3, -0.25) is 9.59 Å². The van der Waals surface area contributed by atoms with Crippen molar-refractivity contribution in [1.29, 1.82) is 0 Å². The zero-order valence-corrected chi connectivity index (χ0v) is 18.7. The maximum Gasteiger partial charge on any atom is 0.247 e. The molecule has 0 heterocycles. The van der Waals surface area contributed by atoms with Crippen molar-refractivity contribution in [3.8, 4) is 0 Å². The van der Waals surface area contributed by atoms with E-state index in [1.807, 2.05) is 55.5 Å². The van der Waals surface area contributed by atoms with Crippen LogP contribution in [0.15, 0.2) is 53.0 Å². The number of carbonyl (C=O) groups excluding carboxylic acids is 2. The average Bonchev–Trinajstić information content (AvgIpc) is 2.71. The van der Waals surface area contributed by atoms with E-state index in [4.69, 9.17) is 0 Å². The lowest BCUT2D eigenvalue weighted by molar-refractivity contribution is -0.130. The third kappa shape index (κ3) is 6.17. The standard InChI is InChI=1S/C24H29BrN2O2/c1-16-8-10-19(11-9-16)23(28)27-22(15-18-6-4-3-5-7-18)24(29)26-20-12-13-21(25)17(2)14-20/h3-7,12-14,16,19,22H,8-11,15H2,1-2H3,(H,26,29)(H,27,28). The molecule has 1 atom stereocenters. The van der Waals surface area contributed by atoms with Gasteiger partial charge in [0.25, 0.3) is 0 Å². The van der Waals surface area contributed by atoms with Crippen LogP contribution in [-0.4, -0.2) is 17.9 Å². The fourth-order valence-electron chi connectivity index (χ4n) is 3.82. The molecule has 0 aromatic heterocycles. The first-order chi connectivity index (χ1) is 13.9. The molecule has 0 spiro atoms. The highest BCUT2D eigenvalue weighted by Gasteiger charge is 2.28. The minimum atomic E-state index is -0.604. The van der Waals surface area contributed by atoms with Gasteiger partial charge in [-0.05, 0) is 67.9 Å². The largest absolute Gasteiger partial charge is 0.344 e. The van der Waals surface area contributed by atoms with Crippen LogP contribution < -0.4 is 10.6 Å². The Hall–Kier alpha value is -2.14. The van der Waals surface area contributed by atoms with Crippen molar-refractivity contribution < 1.29 is 9.59 Å². The molecule has 2 aromatic rings. The van der Waals surface area contributed by atoms with Crippen LogP contribution in [0.3, 0.4) is 0 Å². The second-order valence-corrected chi connectivity index (χ2v) is 9.02.